The van der Waals surface area contributed by atoms with Gasteiger partial charge in [0.1, 0.15) is 17.5 Å². The van der Waals surface area contributed by atoms with E-state index in [0.717, 1.165) is 4.57 Å². The average Bonchev–Trinajstić information content (AvgIpc) is 3.25. The third-order valence-corrected chi connectivity index (χ3v) is 9.27. The molecule has 0 saturated carbocycles. The summed E-state index contributed by atoms with van der Waals surface area (Å²) in [7, 11) is 0. The first-order valence-electron chi connectivity index (χ1n) is 15.0. The average molecular weight is 669 g/mol. The zero-order valence-electron chi connectivity index (χ0n) is 25.6. The number of rotatable bonds is 5. The first-order valence-corrected chi connectivity index (χ1v) is 15.7. The number of benzene rings is 1. The number of piperazine rings is 1. The van der Waals surface area contributed by atoms with E-state index < -0.39 is 16.9 Å². The van der Waals surface area contributed by atoms with Gasteiger partial charge >= 0.3 is 0 Å². The zero-order valence-corrected chi connectivity index (χ0v) is 27.1. The van der Waals surface area contributed by atoms with Crippen molar-refractivity contribution >= 4 is 51.4 Å². The third kappa shape index (κ3) is 4.82. The van der Waals surface area contributed by atoms with Gasteiger partial charge in [0.15, 0.2) is 5.82 Å². The summed E-state index contributed by atoms with van der Waals surface area (Å²) in [5.41, 5.74) is 6.58. The van der Waals surface area contributed by atoms with Crippen molar-refractivity contribution in [1.82, 2.24) is 24.0 Å². The van der Waals surface area contributed by atoms with Crippen LogP contribution in [0.3, 0.4) is 0 Å². The molecule has 1 aromatic carbocycles. The fourth-order valence-corrected chi connectivity index (χ4v) is 6.98. The number of hydrogen-bond donors (Lipinski definition) is 1. The van der Waals surface area contributed by atoms with Crippen molar-refractivity contribution in [2.45, 2.75) is 46.1 Å². The van der Waals surface area contributed by atoms with Gasteiger partial charge in [0, 0.05) is 37.1 Å². The van der Waals surface area contributed by atoms with E-state index in [9.17, 15) is 14.4 Å². The number of nitrogens with zero attached hydrogens (tertiary/aromatic N) is 6. The number of nitrogen functional groups attached to an aromatic ring is 1. The molecule has 3 aromatic heterocycles. The molecule has 2 aliphatic rings. The van der Waals surface area contributed by atoms with Crippen LogP contribution in [0.15, 0.2) is 40.7 Å². The summed E-state index contributed by atoms with van der Waals surface area (Å²) in [6, 6.07) is 2.66. The summed E-state index contributed by atoms with van der Waals surface area (Å²) >= 11 is 12.5. The lowest BCUT2D eigenvalue weighted by Crippen LogP contribution is -2.54. The second-order valence-corrected chi connectivity index (χ2v) is 12.0. The summed E-state index contributed by atoms with van der Waals surface area (Å²) in [4.78, 5) is 54.7. The summed E-state index contributed by atoms with van der Waals surface area (Å²) < 4.78 is 24.3. The topological polar surface area (TPSA) is 129 Å². The molecule has 0 bridgehead atoms. The van der Waals surface area contributed by atoms with E-state index >= 15 is 4.39 Å². The number of carbonyl (C=O) groups excluding carboxylic acids is 1. The van der Waals surface area contributed by atoms with Gasteiger partial charge in [-0.1, -0.05) is 43.6 Å². The highest BCUT2D eigenvalue weighted by atomic mass is 35.5. The maximum Gasteiger partial charge on any atom is 0.300 e. The quantitative estimate of drug-likeness (QED) is 0.189. The molecule has 1 amide bonds. The zero-order chi connectivity index (χ0) is 33.0. The van der Waals surface area contributed by atoms with Crippen molar-refractivity contribution in [2.75, 3.05) is 36.9 Å². The van der Waals surface area contributed by atoms with Gasteiger partial charge in [-0.3, -0.25) is 23.5 Å². The minimum Gasteiger partial charge on any atom is -0.486 e. The molecule has 0 radical (unpaired) electrons. The lowest BCUT2D eigenvalue weighted by molar-refractivity contribution is -0.126. The van der Waals surface area contributed by atoms with Crippen LogP contribution in [0, 0.1) is 12.7 Å². The van der Waals surface area contributed by atoms with Crippen molar-refractivity contribution in [3.8, 4) is 17.1 Å². The molecular formula is C32H32Cl2FN7O4. The maximum atomic E-state index is 15.7. The molecule has 46 heavy (non-hydrogen) atoms. The third-order valence-electron chi connectivity index (χ3n) is 8.69. The number of ether oxygens (including phenoxy) is 1. The lowest BCUT2D eigenvalue weighted by atomic mass is 10.0. The van der Waals surface area contributed by atoms with Crippen LogP contribution in [0.5, 0.6) is 5.75 Å². The highest BCUT2D eigenvalue weighted by Gasteiger charge is 2.37. The standard InChI is InChI=1S/C32H32Cl2FN7O4/c1-5-21-28(22(6-2)38-15-37-21)42-27-18(12-16(4)41(31(27)44)29-24(35)19(33)13-20(34)25(29)36)26-30(32(42)45)46-11-8-17-14-39(23(43)7-3)9-10-40(17)26/h7,12-13,15,17H,3,5-6,8-11,14,36H2,1-2,4H3/t17-/m0/s1. The van der Waals surface area contributed by atoms with E-state index in [1.165, 1.54) is 23.0 Å². The van der Waals surface area contributed by atoms with Gasteiger partial charge in [0.25, 0.3) is 11.1 Å². The number of halogens is 3. The van der Waals surface area contributed by atoms with Gasteiger partial charge < -0.3 is 20.3 Å². The van der Waals surface area contributed by atoms with Crippen molar-refractivity contribution in [1.29, 1.82) is 0 Å². The van der Waals surface area contributed by atoms with Crippen LogP contribution < -0.4 is 26.5 Å². The van der Waals surface area contributed by atoms with Crippen molar-refractivity contribution in [3.63, 3.8) is 0 Å². The Morgan fingerprint density at radius 2 is 1.76 bits per heavy atom. The van der Waals surface area contributed by atoms with Crippen LogP contribution >= 0.6 is 23.2 Å². The Bertz CT molecular complexity index is 2010. The van der Waals surface area contributed by atoms with E-state index in [0.29, 0.717) is 72.7 Å². The number of nitrogens with two attached hydrogens (primary N) is 1. The Hall–Kier alpha value is -4.42. The van der Waals surface area contributed by atoms with Crippen LogP contribution in [0.4, 0.5) is 15.8 Å². The minimum atomic E-state index is -0.935. The summed E-state index contributed by atoms with van der Waals surface area (Å²) in [5, 5.41) is 0.0539. The van der Waals surface area contributed by atoms with Crippen LogP contribution in [0.1, 0.15) is 37.4 Å². The predicted molar refractivity (Wildman–Crippen MR) is 177 cm³/mol. The fraction of sp³-hybridized carbons (Fsp3) is 0.344. The van der Waals surface area contributed by atoms with E-state index in [2.05, 4.69) is 16.5 Å². The number of pyridine rings is 2. The first kappa shape index (κ1) is 31.6. The Kier molecular flexibility index (Phi) is 8.28. The molecular weight excluding hydrogens is 636 g/mol. The Balaban J connectivity index is 1.78. The van der Waals surface area contributed by atoms with Crippen LogP contribution in [-0.4, -0.2) is 62.2 Å². The molecule has 2 N–H and O–H groups in total. The summed E-state index contributed by atoms with van der Waals surface area (Å²) in [6.07, 6.45) is 4.09. The number of carbonyl (C=O) groups is 1. The number of aryl methyl sites for hydroxylation is 3. The molecule has 11 nitrogen and oxygen atoms in total. The van der Waals surface area contributed by atoms with Crippen molar-refractivity contribution < 1.29 is 13.9 Å². The number of amides is 1. The molecule has 6 rings (SSSR count). The molecule has 5 heterocycles. The molecule has 2 aliphatic heterocycles. The Morgan fingerprint density at radius 1 is 1.07 bits per heavy atom. The molecule has 0 unspecified atom stereocenters. The van der Waals surface area contributed by atoms with E-state index in [-0.39, 0.29) is 51.2 Å². The van der Waals surface area contributed by atoms with Gasteiger partial charge in [-0.15, -0.1) is 0 Å². The Morgan fingerprint density at radius 3 is 2.41 bits per heavy atom. The molecule has 240 valence electrons. The molecule has 0 aliphatic carbocycles. The first-order chi connectivity index (χ1) is 22.0. The summed E-state index contributed by atoms with van der Waals surface area (Å²) in [5.74, 6) is -1.05. The van der Waals surface area contributed by atoms with Gasteiger partial charge in [-0.2, -0.15) is 0 Å². The second-order valence-electron chi connectivity index (χ2n) is 11.2. The minimum absolute atomic E-state index is 0.0340. The smallest absolute Gasteiger partial charge is 0.300 e. The number of aromatic nitrogens is 4. The molecule has 4 aromatic rings. The highest BCUT2D eigenvalue weighted by molar-refractivity contribution is 6.37. The lowest BCUT2D eigenvalue weighted by Gasteiger charge is -2.42. The van der Waals surface area contributed by atoms with Gasteiger partial charge in [-0.25, -0.2) is 14.4 Å². The van der Waals surface area contributed by atoms with E-state index in [1.807, 2.05) is 18.7 Å². The van der Waals surface area contributed by atoms with Gasteiger partial charge in [0.2, 0.25) is 11.7 Å². The molecule has 1 fully saturated rings. The van der Waals surface area contributed by atoms with Crippen molar-refractivity contribution in [3.05, 3.63) is 84.8 Å². The van der Waals surface area contributed by atoms with Gasteiger partial charge in [0.05, 0.1) is 51.1 Å². The number of anilines is 2. The largest absolute Gasteiger partial charge is 0.486 e. The fourth-order valence-electron chi connectivity index (χ4n) is 6.52. The van der Waals surface area contributed by atoms with Crippen LogP contribution in [0.2, 0.25) is 10.0 Å². The highest BCUT2D eigenvalue weighted by Crippen LogP contribution is 2.41. The summed E-state index contributed by atoms with van der Waals surface area (Å²) in [6.45, 7) is 10.4. The molecule has 1 saturated heterocycles. The van der Waals surface area contributed by atoms with Crippen LogP contribution in [0.25, 0.3) is 22.3 Å². The molecule has 0 spiro atoms. The Labute approximate surface area is 273 Å². The number of fused-ring (bicyclic) bond motifs is 5. The van der Waals surface area contributed by atoms with Crippen molar-refractivity contribution in [2.24, 2.45) is 0 Å². The second kappa shape index (κ2) is 12.1. The SMILES string of the molecule is C=CC(=O)N1CCN2c3c(c(=O)n(-c4c(CC)ncnc4CC)c4c(=O)n(-c5c(N)c(Cl)cc(Cl)c5F)c(C)cc34)OCC[C@H]2C1. The predicted octanol–water partition coefficient (Wildman–Crippen LogP) is 4.38. The molecule has 1 atom stereocenters. The normalized spacial score (nSPS) is 16.1. The molecule has 14 heteroatoms. The monoisotopic (exact) mass is 667 g/mol. The van der Waals surface area contributed by atoms with Crippen LogP contribution in [-0.2, 0) is 17.6 Å². The van der Waals surface area contributed by atoms with E-state index in [1.54, 1.807) is 17.9 Å². The van der Waals surface area contributed by atoms with Gasteiger partial charge in [-0.05, 0) is 38.0 Å². The number of hydrogen-bond acceptors (Lipinski definition) is 8. The van der Waals surface area contributed by atoms with E-state index in [4.69, 9.17) is 33.7 Å². The maximum absolute atomic E-state index is 15.7.